The van der Waals surface area contributed by atoms with Crippen LogP contribution >= 0.6 is 11.6 Å². The number of nitrogens with one attached hydrogen (secondary N) is 1. The number of aromatic nitrogens is 3. The van der Waals surface area contributed by atoms with Gasteiger partial charge in [0.1, 0.15) is 0 Å². The van der Waals surface area contributed by atoms with Crippen LogP contribution in [0.2, 0.25) is 5.02 Å². The quantitative estimate of drug-likeness (QED) is 0.188. The van der Waals surface area contributed by atoms with E-state index in [1.807, 2.05) is 44.2 Å². The monoisotopic (exact) mass is 686 g/mol. The number of carbonyl (C=O) groups is 1. The highest BCUT2D eigenvalue weighted by Gasteiger charge is 2.26. The molecule has 1 fully saturated rings. The molecule has 13 heteroatoms. The largest absolute Gasteiger partial charge is 0.397 e. The average Bonchev–Trinajstić information content (AvgIpc) is 3.49. The lowest BCUT2D eigenvalue weighted by Gasteiger charge is -2.33. The van der Waals surface area contributed by atoms with E-state index in [1.54, 1.807) is 60.8 Å². The maximum absolute atomic E-state index is 13.6. The summed E-state index contributed by atoms with van der Waals surface area (Å²) in [4.78, 5) is 28.9. The third kappa shape index (κ3) is 6.82. The summed E-state index contributed by atoms with van der Waals surface area (Å²) in [6, 6.07) is 21.1. The van der Waals surface area contributed by atoms with Gasteiger partial charge in [0, 0.05) is 62.0 Å². The van der Waals surface area contributed by atoms with E-state index in [0.717, 1.165) is 18.8 Å². The molecule has 5 aromatic rings. The van der Waals surface area contributed by atoms with E-state index in [0.29, 0.717) is 70.3 Å². The van der Waals surface area contributed by atoms with Crippen LogP contribution in [-0.4, -0.2) is 91.4 Å². The Kier molecular flexibility index (Phi) is 9.58. The van der Waals surface area contributed by atoms with E-state index in [-0.39, 0.29) is 16.8 Å². The lowest BCUT2D eigenvalue weighted by atomic mass is 10.0. The first-order valence-electron chi connectivity index (χ1n) is 15.8. The van der Waals surface area contributed by atoms with Gasteiger partial charge in [0.15, 0.2) is 0 Å². The van der Waals surface area contributed by atoms with E-state index in [2.05, 4.69) is 20.1 Å². The van der Waals surface area contributed by atoms with Crippen LogP contribution in [0, 0.1) is 0 Å². The Morgan fingerprint density at radius 3 is 2.44 bits per heavy atom. The fraction of sp³-hybridized carbons (Fsp3) is 0.286. The highest BCUT2D eigenvalue weighted by molar-refractivity contribution is 7.90. The standard InChI is InChI=1S/C35H39ClN8O3S/c1-41(2)19-20-42(3)32-21-24(13-14-30(32)37)34(45)43-17-15-25(16-18-43)39-35-38-22-29(36)33(40-35)28-23-44(31-12-8-7-11-27(28)31)48(46,47)26-9-5-4-6-10-26/h4-14,21-23,25H,15-20,37H2,1-3H3,(H,38,39,40). The Balaban J connectivity index is 1.17. The van der Waals surface area contributed by atoms with Crippen molar-refractivity contribution in [2.24, 2.45) is 0 Å². The van der Waals surface area contributed by atoms with Gasteiger partial charge in [0.2, 0.25) is 5.95 Å². The number of nitrogens with two attached hydrogens (primary N) is 1. The summed E-state index contributed by atoms with van der Waals surface area (Å²) in [5.74, 6) is 0.355. The molecule has 3 aromatic carbocycles. The summed E-state index contributed by atoms with van der Waals surface area (Å²) in [5, 5.41) is 4.41. The second-order valence-corrected chi connectivity index (χ2v) is 14.5. The van der Waals surface area contributed by atoms with Crippen LogP contribution in [0.5, 0.6) is 0 Å². The molecular formula is C35H39ClN8O3S. The van der Waals surface area contributed by atoms with Gasteiger partial charge < -0.3 is 25.8 Å². The van der Waals surface area contributed by atoms with E-state index >= 15 is 0 Å². The summed E-state index contributed by atoms with van der Waals surface area (Å²) >= 11 is 6.63. The number of hydrogen-bond acceptors (Lipinski definition) is 9. The summed E-state index contributed by atoms with van der Waals surface area (Å²) in [6.07, 6.45) is 4.49. The van der Waals surface area contributed by atoms with E-state index < -0.39 is 10.0 Å². The number of likely N-dealkylation sites (tertiary alicyclic amines) is 1. The van der Waals surface area contributed by atoms with Gasteiger partial charge in [-0.1, -0.05) is 48.0 Å². The van der Waals surface area contributed by atoms with E-state index in [4.69, 9.17) is 22.3 Å². The molecular weight excluding hydrogens is 648 g/mol. The Morgan fingerprint density at radius 1 is 1.00 bits per heavy atom. The van der Waals surface area contributed by atoms with Crippen LogP contribution < -0.4 is 16.0 Å². The van der Waals surface area contributed by atoms with Crippen molar-refractivity contribution < 1.29 is 13.2 Å². The van der Waals surface area contributed by atoms with Crippen molar-refractivity contribution in [1.29, 1.82) is 0 Å². The Morgan fingerprint density at radius 2 is 1.71 bits per heavy atom. The Hall–Kier alpha value is -4.65. The number of benzene rings is 3. The zero-order valence-electron chi connectivity index (χ0n) is 27.2. The fourth-order valence-corrected chi connectivity index (χ4v) is 7.52. The molecule has 3 heterocycles. The minimum absolute atomic E-state index is 0.0254. The summed E-state index contributed by atoms with van der Waals surface area (Å²) < 4.78 is 28.5. The van der Waals surface area contributed by atoms with Crippen LogP contribution in [0.25, 0.3) is 22.2 Å². The number of amides is 1. The zero-order chi connectivity index (χ0) is 34.0. The minimum Gasteiger partial charge on any atom is -0.397 e. The molecule has 0 aliphatic carbocycles. The topological polar surface area (TPSA) is 130 Å². The number of anilines is 3. The number of nitrogen functional groups attached to an aromatic ring is 1. The van der Waals surface area contributed by atoms with Gasteiger partial charge in [-0.25, -0.2) is 22.4 Å². The molecule has 0 saturated carbocycles. The number of carbonyl (C=O) groups excluding carboxylic acids is 1. The molecule has 2 aromatic heterocycles. The molecule has 0 radical (unpaired) electrons. The molecule has 11 nitrogen and oxygen atoms in total. The van der Waals surface area contributed by atoms with Gasteiger partial charge in [-0.2, -0.15) is 0 Å². The molecule has 0 spiro atoms. The number of likely N-dealkylation sites (N-methyl/N-ethyl adjacent to an activating group) is 2. The molecule has 0 unspecified atom stereocenters. The van der Waals surface area contributed by atoms with Crippen molar-refractivity contribution in [2.75, 3.05) is 63.3 Å². The molecule has 1 aliphatic heterocycles. The number of para-hydroxylation sites is 1. The van der Waals surface area contributed by atoms with Gasteiger partial charge in [0.25, 0.3) is 15.9 Å². The molecule has 3 N–H and O–H groups in total. The third-order valence-electron chi connectivity index (χ3n) is 8.66. The second-order valence-electron chi connectivity index (χ2n) is 12.3. The van der Waals surface area contributed by atoms with Gasteiger partial charge in [-0.05, 0) is 63.3 Å². The molecule has 0 bridgehead atoms. The SMILES string of the molecule is CN(C)CCN(C)c1cc(C(=O)N2CCC(Nc3ncc(Cl)c(-c4cn(S(=O)(=O)c5ccccc5)c5ccccc45)n3)CC2)ccc1N. The van der Waals surface area contributed by atoms with Crippen molar-refractivity contribution in [3.63, 3.8) is 0 Å². The molecule has 1 saturated heterocycles. The van der Waals surface area contributed by atoms with Crippen molar-refractivity contribution in [1.82, 2.24) is 23.7 Å². The first-order chi connectivity index (χ1) is 23.0. The van der Waals surface area contributed by atoms with Crippen LogP contribution in [0.3, 0.4) is 0 Å². The number of rotatable bonds is 10. The van der Waals surface area contributed by atoms with Crippen molar-refractivity contribution in [3.05, 3.63) is 95.8 Å². The molecule has 250 valence electrons. The van der Waals surface area contributed by atoms with E-state index in [1.165, 1.54) is 10.2 Å². The van der Waals surface area contributed by atoms with Gasteiger partial charge in [-0.3, -0.25) is 4.79 Å². The number of halogens is 1. The maximum Gasteiger partial charge on any atom is 0.268 e. The number of fused-ring (bicyclic) bond motifs is 1. The minimum atomic E-state index is -3.87. The van der Waals surface area contributed by atoms with Gasteiger partial charge in [0.05, 0.1) is 38.7 Å². The lowest BCUT2D eigenvalue weighted by molar-refractivity contribution is 0.0718. The molecule has 48 heavy (non-hydrogen) atoms. The first kappa shape index (κ1) is 33.3. The maximum atomic E-state index is 13.6. The predicted octanol–water partition coefficient (Wildman–Crippen LogP) is 5.29. The molecule has 1 aliphatic rings. The van der Waals surface area contributed by atoms with E-state index in [9.17, 15) is 13.2 Å². The number of piperidine rings is 1. The number of hydrogen-bond donors (Lipinski definition) is 2. The first-order valence-corrected chi connectivity index (χ1v) is 17.6. The van der Waals surface area contributed by atoms with Crippen molar-refractivity contribution in [3.8, 4) is 11.3 Å². The highest BCUT2D eigenvalue weighted by atomic mass is 35.5. The fourth-order valence-electron chi connectivity index (χ4n) is 5.94. The van der Waals surface area contributed by atoms with Crippen molar-refractivity contribution in [2.45, 2.75) is 23.8 Å². The van der Waals surface area contributed by atoms with Crippen LogP contribution in [0.4, 0.5) is 17.3 Å². The third-order valence-corrected chi connectivity index (χ3v) is 10.6. The Labute approximate surface area is 286 Å². The Bertz CT molecular complexity index is 2040. The summed E-state index contributed by atoms with van der Waals surface area (Å²) in [6.45, 7) is 2.79. The molecule has 0 atom stereocenters. The number of nitrogens with zero attached hydrogens (tertiary/aromatic N) is 6. The normalized spacial score (nSPS) is 14.1. The van der Waals surface area contributed by atoms with Crippen LogP contribution in [0.15, 0.2) is 90.1 Å². The predicted molar refractivity (Wildman–Crippen MR) is 192 cm³/mol. The van der Waals surface area contributed by atoms with Crippen LogP contribution in [-0.2, 0) is 10.0 Å². The highest BCUT2D eigenvalue weighted by Crippen LogP contribution is 2.36. The van der Waals surface area contributed by atoms with Gasteiger partial charge in [-0.15, -0.1) is 0 Å². The smallest absolute Gasteiger partial charge is 0.268 e. The summed E-state index contributed by atoms with van der Waals surface area (Å²) in [7, 11) is 2.15. The van der Waals surface area contributed by atoms with Crippen molar-refractivity contribution >= 4 is 55.8 Å². The van der Waals surface area contributed by atoms with Crippen LogP contribution in [0.1, 0.15) is 23.2 Å². The van der Waals surface area contributed by atoms with Gasteiger partial charge >= 0.3 is 0 Å². The molecule has 1 amide bonds. The molecule has 6 rings (SSSR count). The summed E-state index contributed by atoms with van der Waals surface area (Å²) in [5.41, 5.74) is 9.88. The average molecular weight is 687 g/mol. The zero-order valence-corrected chi connectivity index (χ0v) is 28.7. The lowest BCUT2D eigenvalue weighted by Crippen LogP contribution is -2.42. The second kappa shape index (κ2) is 13.8.